The third kappa shape index (κ3) is 3.33. The minimum atomic E-state index is -3.48. The van der Waals surface area contributed by atoms with Crippen molar-refractivity contribution in [1.82, 2.24) is 4.31 Å². The highest BCUT2D eigenvalue weighted by molar-refractivity contribution is 9.10. The minimum absolute atomic E-state index is 0.0309. The summed E-state index contributed by atoms with van der Waals surface area (Å²) in [7, 11) is -3.48. The molecule has 21 heavy (non-hydrogen) atoms. The summed E-state index contributed by atoms with van der Waals surface area (Å²) in [5, 5.41) is 0. The zero-order valence-electron chi connectivity index (χ0n) is 12.5. The van der Waals surface area contributed by atoms with Gasteiger partial charge in [0.2, 0.25) is 10.0 Å². The van der Waals surface area contributed by atoms with E-state index in [4.69, 9.17) is 5.73 Å². The molecule has 1 aliphatic carbocycles. The van der Waals surface area contributed by atoms with Crippen LogP contribution in [0.15, 0.2) is 27.6 Å². The Hall–Kier alpha value is -0.430. The summed E-state index contributed by atoms with van der Waals surface area (Å²) < 4.78 is 28.5. The van der Waals surface area contributed by atoms with Gasteiger partial charge in [0.25, 0.3) is 0 Å². The van der Waals surface area contributed by atoms with Crippen LogP contribution in [0, 0.1) is 12.8 Å². The normalized spacial score (nSPS) is 22.9. The van der Waals surface area contributed by atoms with Gasteiger partial charge in [-0.3, -0.25) is 0 Å². The van der Waals surface area contributed by atoms with E-state index in [9.17, 15) is 8.42 Å². The fourth-order valence-corrected chi connectivity index (χ4v) is 5.72. The molecule has 1 aliphatic rings. The zero-order chi connectivity index (χ0) is 15.6. The lowest BCUT2D eigenvalue weighted by Gasteiger charge is -2.31. The summed E-state index contributed by atoms with van der Waals surface area (Å²) in [4.78, 5) is 0.390. The quantitative estimate of drug-likeness (QED) is 0.861. The molecule has 1 fully saturated rings. The summed E-state index contributed by atoms with van der Waals surface area (Å²) in [6, 6.07) is 5.42. The molecule has 2 unspecified atom stereocenters. The Morgan fingerprint density at radius 3 is 2.71 bits per heavy atom. The fraction of sp³-hybridized carbons (Fsp3) is 0.600. The molecule has 0 amide bonds. The summed E-state index contributed by atoms with van der Waals surface area (Å²) >= 11 is 3.37. The Labute approximate surface area is 135 Å². The van der Waals surface area contributed by atoms with Gasteiger partial charge in [0.15, 0.2) is 0 Å². The second kappa shape index (κ2) is 6.77. The average Bonchev–Trinajstić information content (AvgIpc) is 2.90. The highest BCUT2D eigenvalue weighted by Gasteiger charge is 2.37. The standard InChI is InChI=1S/C15H23BrN2O2S/c1-3-18(14-6-4-5-12(14)10-17)21(19,20)15-9-13(16)8-7-11(15)2/h7-9,12,14H,3-6,10,17H2,1-2H3. The lowest BCUT2D eigenvalue weighted by molar-refractivity contribution is 0.276. The van der Waals surface area contributed by atoms with Crippen LogP contribution in [-0.4, -0.2) is 31.9 Å². The Morgan fingerprint density at radius 2 is 2.10 bits per heavy atom. The number of rotatable bonds is 5. The van der Waals surface area contributed by atoms with Crippen LogP contribution in [0.3, 0.4) is 0 Å². The Bertz CT molecular complexity index is 604. The molecule has 0 heterocycles. The molecule has 1 aromatic carbocycles. The monoisotopic (exact) mass is 374 g/mol. The number of hydrogen-bond acceptors (Lipinski definition) is 3. The van der Waals surface area contributed by atoms with Crippen LogP contribution in [-0.2, 0) is 10.0 Å². The largest absolute Gasteiger partial charge is 0.330 e. The van der Waals surface area contributed by atoms with Crippen molar-refractivity contribution >= 4 is 26.0 Å². The van der Waals surface area contributed by atoms with E-state index >= 15 is 0 Å². The van der Waals surface area contributed by atoms with Crippen LogP contribution in [0.1, 0.15) is 31.7 Å². The molecule has 0 bridgehead atoms. The van der Waals surface area contributed by atoms with Crippen molar-refractivity contribution in [2.75, 3.05) is 13.1 Å². The second-order valence-electron chi connectivity index (χ2n) is 5.61. The molecule has 0 aromatic heterocycles. The number of hydrogen-bond donors (Lipinski definition) is 1. The highest BCUT2D eigenvalue weighted by atomic mass is 79.9. The van der Waals surface area contributed by atoms with Gasteiger partial charge < -0.3 is 5.73 Å². The molecule has 6 heteroatoms. The van der Waals surface area contributed by atoms with Crippen molar-refractivity contribution in [3.8, 4) is 0 Å². The van der Waals surface area contributed by atoms with Gasteiger partial charge in [0.1, 0.15) is 0 Å². The summed E-state index contributed by atoms with van der Waals surface area (Å²) in [5.74, 6) is 0.271. The summed E-state index contributed by atoms with van der Waals surface area (Å²) in [6.07, 6.45) is 2.97. The fourth-order valence-electron chi connectivity index (χ4n) is 3.23. The lowest BCUT2D eigenvalue weighted by atomic mass is 10.0. The topological polar surface area (TPSA) is 63.4 Å². The molecule has 2 rings (SSSR count). The van der Waals surface area contributed by atoms with Gasteiger partial charge in [-0.05, 0) is 49.9 Å². The first-order chi connectivity index (χ1) is 9.91. The smallest absolute Gasteiger partial charge is 0.243 e. The number of benzene rings is 1. The maximum atomic E-state index is 13.0. The molecule has 118 valence electrons. The van der Waals surface area contributed by atoms with Gasteiger partial charge in [-0.15, -0.1) is 0 Å². The average molecular weight is 375 g/mol. The molecule has 2 atom stereocenters. The van der Waals surface area contributed by atoms with Gasteiger partial charge in [-0.25, -0.2) is 8.42 Å². The molecule has 1 saturated carbocycles. The van der Waals surface area contributed by atoms with E-state index in [1.54, 1.807) is 10.4 Å². The van der Waals surface area contributed by atoms with Gasteiger partial charge >= 0.3 is 0 Å². The predicted octanol–water partition coefficient (Wildman–Crippen LogP) is 2.90. The number of nitrogens with zero attached hydrogens (tertiary/aromatic N) is 1. The molecular weight excluding hydrogens is 352 g/mol. The van der Waals surface area contributed by atoms with Crippen molar-refractivity contribution < 1.29 is 8.42 Å². The third-order valence-corrected chi connectivity index (χ3v) is 6.98. The minimum Gasteiger partial charge on any atom is -0.330 e. The van der Waals surface area contributed by atoms with Crippen molar-refractivity contribution in [2.45, 2.75) is 44.0 Å². The highest BCUT2D eigenvalue weighted by Crippen LogP contribution is 2.34. The van der Waals surface area contributed by atoms with Gasteiger partial charge in [0, 0.05) is 17.1 Å². The van der Waals surface area contributed by atoms with E-state index in [1.807, 2.05) is 26.0 Å². The maximum Gasteiger partial charge on any atom is 0.243 e. The van der Waals surface area contributed by atoms with Crippen LogP contribution in [0.5, 0.6) is 0 Å². The maximum absolute atomic E-state index is 13.0. The van der Waals surface area contributed by atoms with Crippen molar-refractivity contribution in [3.63, 3.8) is 0 Å². The van der Waals surface area contributed by atoms with E-state index in [0.717, 1.165) is 29.3 Å². The first kappa shape index (κ1) is 16.9. The second-order valence-corrected chi connectivity index (χ2v) is 8.39. The number of nitrogens with two attached hydrogens (primary N) is 1. The first-order valence-electron chi connectivity index (χ1n) is 7.39. The Kier molecular flexibility index (Phi) is 5.46. The van der Waals surface area contributed by atoms with E-state index < -0.39 is 10.0 Å². The van der Waals surface area contributed by atoms with Crippen molar-refractivity contribution in [3.05, 3.63) is 28.2 Å². The first-order valence-corrected chi connectivity index (χ1v) is 9.63. The molecule has 0 saturated heterocycles. The molecule has 2 N–H and O–H groups in total. The number of aryl methyl sites for hydroxylation is 1. The molecule has 0 spiro atoms. The molecule has 1 aromatic rings. The number of sulfonamides is 1. The van der Waals surface area contributed by atoms with Gasteiger partial charge in [0.05, 0.1) is 4.90 Å². The van der Waals surface area contributed by atoms with E-state index in [2.05, 4.69) is 15.9 Å². The Morgan fingerprint density at radius 1 is 1.38 bits per heavy atom. The third-order valence-electron chi connectivity index (χ3n) is 4.34. The lowest BCUT2D eigenvalue weighted by Crippen LogP contribution is -2.44. The summed E-state index contributed by atoms with van der Waals surface area (Å²) in [6.45, 7) is 4.77. The molecule has 0 aliphatic heterocycles. The van der Waals surface area contributed by atoms with Gasteiger partial charge in [-0.2, -0.15) is 4.31 Å². The predicted molar refractivity (Wildman–Crippen MR) is 88.6 cm³/mol. The summed E-state index contributed by atoms with van der Waals surface area (Å²) in [5.41, 5.74) is 6.60. The SMILES string of the molecule is CCN(C1CCCC1CN)S(=O)(=O)c1cc(Br)ccc1C. The van der Waals surface area contributed by atoms with Crippen LogP contribution < -0.4 is 5.73 Å². The molecular formula is C15H23BrN2O2S. The van der Waals surface area contributed by atoms with E-state index in [0.29, 0.717) is 18.0 Å². The van der Waals surface area contributed by atoms with E-state index in [1.165, 1.54) is 0 Å². The Balaban J connectivity index is 2.42. The van der Waals surface area contributed by atoms with Crippen LogP contribution >= 0.6 is 15.9 Å². The van der Waals surface area contributed by atoms with Gasteiger partial charge in [-0.1, -0.05) is 35.3 Å². The van der Waals surface area contributed by atoms with Crippen LogP contribution in [0.25, 0.3) is 0 Å². The molecule has 0 radical (unpaired) electrons. The van der Waals surface area contributed by atoms with E-state index in [-0.39, 0.29) is 12.0 Å². The number of halogens is 1. The van der Waals surface area contributed by atoms with Crippen molar-refractivity contribution in [2.24, 2.45) is 11.7 Å². The van der Waals surface area contributed by atoms with Crippen LogP contribution in [0.2, 0.25) is 0 Å². The van der Waals surface area contributed by atoms with Crippen LogP contribution in [0.4, 0.5) is 0 Å². The molecule has 4 nitrogen and oxygen atoms in total. The van der Waals surface area contributed by atoms with Crippen molar-refractivity contribution in [1.29, 1.82) is 0 Å². The zero-order valence-corrected chi connectivity index (χ0v) is 15.0.